The van der Waals surface area contributed by atoms with Crippen LogP contribution in [-0.2, 0) is 0 Å². The lowest BCUT2D eigenvalue weighted by Gasteiger charge is -2.12. The fraction of sp³-hybridized carbons (Fsp3) is 0.222. The van der Waals surface area contributed by atoms with E-state index in [9.17, 15) is 9.18 Å². The maximum atomic E-state index is 13.4. The first-order chi connectivity index (χ1) is 16.6. The van der Waals surface area contributed by atoms with Crippen LogP contribution in [0.25, 0.3) is 22.2 Å². The molecule has 0 atom stereocenters. The van der Waals surface area contributed by atoms with Crippen LogP contribution in [0.15, 0.2) is 71.6 Å². The third kappa shape index (κ3) is 5.37. The molecule has 1 amide bonds. The van der Waals surface area contributed by atoms with E-state index in [-0.39, 0.29) is 11.7 Å². The van der Waals surface area contributed by atoms with E-state index in [0.717, 1.165) is 27.1 Å². The molecular formula is C27H27FN2O3S. The molecule has 0 saturated heterocycles. The van der Waals surface area contributed by atoms with Crippen molar-refractivity contribution in [2.75, 3.05) is 25.5 Å². The van der Waals surface area contributed by atoms with E-state index in [0.29, 0.717) is 42.6 Å². The van der Waals surface area contributed by atoms with Crippen molar-refractivity contribution in [3.8, 4) is 22.8 Å². The molecular weight excluding hydrogens is 451 g/mol. The van der Waals surface area contributed by atoms with Gasteiger partial charge in [0.05, 0.1) is 18.9 Å². The van der Waals surface area contributed by atoms with E-state index in [2.05, 4.69) is 16.4 Å². The molecule has 4 aromatic rings. The number of carbonyl (C=O) groups is 1. The van der Waals surface area contributed by atoms with Gasteiger partial charge in [0.1, 0.15) is 5.82 Å². The van der Waals surface area contributed by atoms with E-state index in [1.165, 1.54) is 12.1 Å². The summed E-state index contributed by atoms with van der Waals surface area (Å²) in [4.78, 5) is 17.2. The van der Waals surface area contributed by atoms with E-state index in [4.69, 9.17) is 9.47 Å². The molecule has 1 aromatic heterocycles. The van der Waals surface area contributed by atoms with Gasteiger partial charge < -0.3 is 19.8 Å². The number of nitrogens with one attached hydrogen (secondary N) is 2. The molecule has 5 nitrogen and oxygen atoms in total. The standard InChI is InChI=1S/C27H27FN2O3S/c1-3-32-23-14-11-19(17-24(23)33-4-2)27(31)29-15-16-34-26-21-7-5-6-8-22(21)30-25(26)18-9-12-20(28)13-10-18/h5-14,17,30H,3-4,15-16H2,1-2H3,(H,29,31). The summed E-state index contributed by atoms with van der Waals surface area (Å²) in [6, 6.07) is 19.7. The lowest BCUT2D eigenvalue weighted by molar-refractivity contribution is 0.0955. The molecule has 1 heterocycles. The van der Waals surface area contributed by atoms with Crippen LogP contribution in [0.5, 0.6) is 11.5 Å². The van der Waals surface area contributed by atoms with Crippen LogP contribution < -0.4 is 14.8 Å². The van der Waals surface area contributed by atoms with Gasteiger partial charge in [-0.3, -0.25) is 4.79 Å². The first-order valence-corrected chi connectivity index (χ1v) is 12.3. The van der Waals surface area contributed by atoms with Gasteiger partial charge in [-0.15, -0.1) is 11.8 Å². The lowest BCUT2D eigenvalue weighted by Crippen LogP contribution is -2.25. The number of ether oxygens (including phenoxy) is 2. The van der Waals surface area contributed by atoms with E-state index < -0.39 is 0 Å². The lowest BCUT2D eigenvalue weighted by atomic mass is 10.1. The molecule has 0 saturated carbocycles. The Morgan fingerprint density at radius 2 is 1.71 bits per heavy atom. The first kappa shape index (κ1) is 23.7. The number of H-pyrrole nitrogens is 1. The molecule has 176 valence electrons. The number of thioether (sulfide) groups is 1. The van der Waals surface area contributed by atoms with E-state index >= 15 is 0 Å². The van der Waals surface area contributed by atoms with Crippen molar-refractivity contribution in [1.82, 2.24) is 10.3 Å². The van der Waals surface area contributed by atoms with Crippen LogP contribution in [-0.4, -0.2) is 36.4 Å². The maximum Gasteiger partial charge on any atom is 0.251 e. The minimum absolute atomic E-state index is 0.165. The average Bonchev–Trinajstić information content (AvgIpc) is 3.22. The fourth-order valence-corrected chi connectivity index (χ4v) is 4.75. The van der Waals surface area contributed by atoms with Crippen molar-refractivity contribution in [1.29, 1.82) is 0 Å². The molecule has 0 aliphatic carbocycles. The molecule has 0 unspecified atom stereocenters. The second-order valence-electron chi connectivity index (χ2n) is 7.51. The summed E-state index contributed by atoms with van der Waals surface area (Å²) in [5.41, 5.74) is 3.41. The third-order valence-corrected chi connectivity index (χ3v) is 6.35. The molecule has 0 bridgehead atoms. The summed E-state index contributed by atoms with van der Waals surface area (Å²) >= 11 is 1.66. The summed E-state index contributed by atoms with van der Waals surface area (Å²) < 4.78 is 24.6. The Kier molecular flexibility index (Phi) is 7.75. The number of rotatable bonds is 10. The maximum absolute atomic E-state index is 13.4. The number of fused-ring (bicyclic) bond motifs is 1. The van der Waals surface area contributed by atoms with Gasteiger partial charge in [-0.2, -0.15) is 0 Å². The van der Waals surface area contributed by atoms with Crippen LogP contribution in [0.4, 0.5) is 4.39 Å². The number of benzene rings is 3. The summed E-state index contributed by atoms with van der Waals surface area (Å²) in [6.45, 7) is 5.30. The average molecular weight is 479 g/mol. The number of hydrogen-bond acceptors (Lipinski definition) is 4. The van der Waals surface area contributed by atoms with Gasteiger partial charge in [-0.25, -0.2) is 4.39 Å². The number of halogens is 1. The van der Waals surface area contributed by atoms with Gasteiger partial charge in [0.25, 0.3) is 5.91 Å². The highest BCUT2D eigenvalue weighted by Gasteiger charge is 2.15. The summed E-state index contributed by atoms with van der Waals surface area (Å²) in [6.07, 6.45) is 0. The number of para-hydroxylation sites is 1. The van der Waals surface area contributed by atoms with Crippen molar-refractivity contribution < 1.29 is 18.7 Å². The SMILES string of the molecule is CCOc1ccc(C(=O)NCCSc2c(-c3ccc(F)cc3)[nH]c3ccccc23)cc1OCC. The Morgan fingerprint density at radius 1 is 0.971 bits per heavy atom. The monoisotopic (exact) mass is 478 g/mol. The Balaban J connectivity index is 1.44. The second kappa shape index (κ2) is 11.1. The summed E-state index contributed by atoms with van der Waals surface area (Å²) in [7, 11) is 0. The van der Waals surface area contributed by atoms with Crippen LogP contribution >= 0.6 is 11.8 Å². The van der Waals surface area contributed by atoms with Crippen molar-refractivity contribution in [3.05, 3.63) is 78.1 Å². The molecule has 4 rings (SSSR count). The number of carbonyl (C=O) groups excluding carboxylic acids is 1. The number of aromatic nitrogens is 1. The van der Waals surface area contributed by atoms with Crippen molar-refractivity contribution >= 4 is 28.6 Å². The van der Waals surface area contributed by atoms with Gasteiger partial charge in [0, 0.05) is 33.7 Å². The van der Waals surface area contributed by atoms with Crippen LogP contribution in [0.1, 0.15) is 24.2 Å². The molecule has 34 heavy (non-hydrogen) atoms. The molecule has 0 aliphatic heterocycles. The molecule has 0 aliphatic rings. The van der Waals surface area contributed by atoms with Crippen molar-refractivity contribution in [2.45, 2.75) is 18.7 Å². The normalized spacial score (nSPS) is 10.9. The van der Waals surface area contributed by atoms with E-state index in [1.54, 1.807) is 42.1 Å². The van der Waals surface area contributed by atoms with Gasteiger partial charge >= 0.3 is 0 Å². The molecule has 2 N–H and O–H groups in total. The van der Waals surface area contributed by atoms with Gasteiger partial charge in [-0.1, -0.05) is 18.2 Å². The Labute approximate surface area is 202 Å². The number of hydrogen-bond donors (Lipinski definition) is 2. The Morgan fingerprint density at radius 3 is 2.47 bits per heavy atom. The number of aromatic amines is 1. The summed E-state index contributed by atoms with van der Waals surface area (Å²) in [5.74, 6) is 1.44. The van der Waals surface area contributed by atoms with Crippen LogP contribution in [0.3, 0.4) is 0 Å². The van der Waals surface area contributed by atoms with Crippen LogP contribution in [0.2, 0.25) is 0 Å². The topological polar surface area (TPSA) is 63.3 Å². The van der Waals surface area contributed by atoms with Crippen molar-refractivity contribution in [2.24, 2.45) is 0 Å². The minimum Gasteiger partial charge on any atom is -0.490 e. The zero-order chi connectivity index (χ0) is 23.9. The first-order valence-electron chi connectivity index (χ1n) is 11.3. The second-order valence-corrected chi connectivity index (χ2v) is 8.62. The predicted octanol–water partition coefficient (Wildman–Crippen LogP) is 6.29. The zero-order valence-electron chi connectivity index (χ0n) is 19.2. The quantitative estimate of drug-likeness (QED) is 0.208. The van der Waals surface area contributed by atoms with Gasteiger partial charge in [-0.05, 0) is 67.9 Å². The molecule has 0 spiro atoms. The van der Waals surface area contributed by atoms with Crippen LogP contribution in [0, 0.1) is 5.82 Å². The zero-order valence-corrected chi connectivity index (χ0v) is 20.0. The highest BCUT2D eigenvalue weighted by molar-refractivity contribution is 7.99. The predicted molar refractivity (Wildman–Crippen MR) is 136 cm³/mol. The Bertz CT molecular complexity index is 1270. The largest absolute Gasteiger partial charge is 0.490 e. The highest BCUT2D eigenvalue weighted by atomic mass is 32.2. The van der Waals surface area contributed by atoms with Gasteiger partial charge in [0.2, 0.25) is 0 Å². The fourth-order valence-electron chi connectivity index (χ4n) is 3.70. The van der Waals surface area contributed by atoms with Gasteiger partial charge in [0.15, 0.2) is 11.5 Å². The summed E-state index contributed by atoms with van der Waals surface area (Å²) in [5, 5.41) is 4.08. The molecule has 0 fully saturated rings. The molecule has 7 heteroatoms. The smallest absolute Gasteiger partial charge is 0.251 e. The molecule has 3 aromatic carbocycles. The minimum atomic E-state index is -0.265. The third-order valence-electron chi connectivity index (χ3n) is 5.23. The number of amides is 1. The highest BCUT2D eigenvalue weighted by Crippen LogP contribution is 2.37. The molecule has 0 radical (unpaired) electrons. The van der Waals surface area contributed by atoms with Crippen molar-refractivity contribution in [3.63, 3.8) is 0 Å². The Hall–Kier alpha value is -3.45. The van der Waals surface area contributed by atoms with E-state index in [1.807, 2.05) is 32.0 Å².